The van der Waals surface area contributed by atoms with Gasteiger partial charge in [0, 0.05) is 31.0 Å². The normalized spacial score (nSPS) is 10.5. The maximum absolute atomic E-state index is 12.8. The number of ether oxygens (including phenoxy) is 1. The minimum atomic E-state index is -2.89. The predicted molar refractivity (Wildman–Crippen MR) is 115 cm³/mol. The zero-order valence-electron chi connectivity index (χ0n) is 16.9. The summed E-state index contributed by atoms with van der Waals surface area (Å²) in [6.07, 6.45) is 0. The van der Waals surface area contributed by atoms with E-state index in [1.807, 2.05) is 0 Å². The molecule has 2 N–H and O–H groups in total. The van der Waals surface area contributed by atoms with Gasteiger partial charge in [-0.1, -0.05) is 12.1 Å². The van der Waals surface area contributed by atoms with Crippen LogP contribution in [-0.2, 0) is 0 Å². The van der Waals surface area contributed by atoms with E-state index in [0.29, 0.717) is 28.2 Å². The zero-order chi connectivity index (χ0) is 22.4. The van der Waals surface area contributed by atoms with Crippen molar-refractivity contribution in [3.8, 4) is 5.75 Å². The molecule has 8 heteroatoms. The van der Waals surface area contributed by atoms with E-state index in [2.05, 4.69) is 15.4 Å². The van der Waals surface area contributed by atoms with Crippen molar-refractivity contribution in [3.63, 3.8) is 0 Å². The lowest BCUT2D eigenvalue weighted by Crippen LogP contribution is -2.21. The van der Waals surface area contributed by atoms with Gasteiger partial charge in [-0.15, -0.1) is 0 Å². The Morgan fingerprint density at radius 3 is 2.10 bits per heavy atom. The average molecular weight is 425 g/mol. The number of hydrogen-bond acceptors (Lipinski definition) is 4. The van der Waals surface area contributed by atoms with Crippen molar-refractivity contribution < 1.29 is 23.1 Å². The largest absolute Gasteiger partial charge is 0.435 e. The van der Waals surface area contributed by atoms with Gasteiger partial charge in [0.1, 0.15) is 5.75 Å². The summed E-state index contributed by atoms with van der Waals surface area (Å²) in [6.45, 7) is -2.89. The molecule has 6 nitrogen and oxygen atoms in total. The van der Waals surface area contributed by atoms with Crippen molar-refractivity contribution in [2.24, 2.45) is 0 Å². The van der Waals surface area contributed by atoms with Crippen LogP contribution in [0.3, 0.4) is 0 Å². The molecule has 0 aliphatic carbocycles. The first-order valence-corrected chi connectivity index (χ1v) is 9.37. The van der Waals surface area contributed by atoms with E-state index in [1.54, 1.807) is 74.8 Å². The molecular weight excluding hydrogens is 404 g/mol. The summed E-state index contributed by atoms with van der Waals surface area (Å²) in [5.41, 5.74) is 2.60. The molecule has 0 saturated heterocycles. The van der Waals surface area contributed by atoms with Gasteiger partial charge < -0.3 is 20.3 Å². The fourth-order valence-electron chi connectivity index (χ4n) is 2.82. The van der Waals surface area contributed by atoms with Crippen molar-refractivity contribution in [1.29, 1.82) is 0 Å². The molecule has 0 atom stereocenters. The molecule has 0 aliphatic heterocycles. The van der Waals surface area contributed by atoms with Crippen LogP contribution in [0.25, 0.3) is 0 Å². The fourth-order valence-corrected chi connectivity index (χ4v) is 2.82. The van der Waals surface area contributed by atoms with Gasteiger partial charge in [-0.3, -0.25) is 9.59 Å². The number of carbonyl (C=O) groups excluding carboxylic acids is 2. The predicted octanol–water partition coefficient (Wildman–Crippen LogP) is 4.99. The second kappa shape index (κ2) is 9.71. The van der Waals surface area contributed by atoms with Crippen LogP contribution < -0.4 is 15.4 Å². The molecule has 2 amide bonds. The summed E-state index contributed by atoms with van der Waals surface area (Å²) >= 11 is 0. The number of anilines is 3. The standard InChI is InChI=1S/C23H21F2N3O3/c1-28(2)22(30)15-7-9-17(10-8-15)27-21(29)19-5-3-4-6-20(19)26-16-11-13-18(14-12-16)31-23(24)25/h3-14,23,26H,1-2H3,(H,27,29). The number of nitrogens with one attached hydrogen (secondary N) is 2. The van der Waals surface area contributed by atoms with E-state index >= 15 is 0 Å². The Balaban J connectivity index is 1.72. The van der Waals surface area contributed by atoms with Crippen molar-refractivity contribution in [2.45, 2.75) is 6.61 Å². The van der Waals surface area contributed by atoms with E-state index in [1.165, 1.54) is 17.0 Å². The third-order valence-corrected chi connectivity index (χ3v) is 4.33. The fraction of sp³-hybridized carbons (Fsp3) is 0.130. The van der Waals surface area contributed by atoms with Crippen LogP contribution in [0.1, 0.15) is 20.7 Å². The van der Waals surface area contributed by atoms with Crippen molar-refractivity contribution >= 4 is 28.9 Å². The minimum Gasteiger partial charge on any atom is -0.435 e. The zero-order valence-corrected chi connectivity index (χ0v) is 16.9. The van der Waals surface area contributed by atoms with Crippen LogP contribution in [0, 0.1) is 0 Å². The Morgan fingerprint density at radius 2 is 1.48 bits per heavy atom. The molecule has 160 valence electrons. The summed E-state index contributed by atoms with van der Waals surface area (Å²) in [5.74, 6) is -0.424. The van der Waals surface area contributed by atoms with Crippen LogP contribution in [0.15, 0.2) is 72.8 Å². The van der Waals surface area contributed by atoms with Crippen molar-refractivity contribution in [2.75, 3.05) is 24.7 Å². The summed E-state index contributed by atoms with van der Waals surface area (Å²) in [5, 5.41) is 5.91. The van der Waals surface area contributed by atoms with E-state index < -0.39 is 6.61 Å². The number of rotatable bonds is 7. The van der Waals surface area contributed by atoms with Gasteiger partial charge in [0.25, 0.3) is 11.8 Å². The Kier molecular flexibility index (Phi) is 6.81. The highest BCUT2D eigenvalue weighted by Gasteiger charge is 2.13. The number of benzene rings is 3. The first-order valence-electron chi connectivity index (χ1n) is 9.37. The maximum atomic E-state index is 12.8. The smallest absolute Gasteiger partial charge is 0.387 e. The molecule has 0 radical (unpaired) electrons. The van der Waals surface area contributed by atoms with E-state index in [0.717, 1.165) is 0 Å². The molecule has 0 aromatic heterocycles. The lowest BCUT2D eigenvalue weighted by molar-refractivity contribution is -0.0498. The van der Waals surface area contributed by atoms with Crippen LogP contribution in [0.2, 0.25) is 0 Å². The van der Waals surface area contributed by atoms with Crippen LogP contribution in [0.5, 0.6) is 5.75 Å². The first-order chi connectivity index (χ1) is 14.8. The molecular formula is C23H21F2N3O3. The lowest BCUT2D eigenvalue weighted by atomic mass is 10.1. The molecule has 0 fully saturated rings. The van der Waals surface area contributed by atoms with Crippen molar-refractivity contribution in [3.05, 3.63) is 83.9 Å². The van der Waals surface area contributed by atoms with E-state index in [-0.39, 0.29) is 17.6 Å². The van der Waals surface area contributed by atoms with E-state index in [4.69, 9.17) is 0 Å². The molecule has 0 aliphatic rings. The highest BCUT2D eigenvalue weighted by molar-refractivity contribution is 6.08. The summed E-state index contributed by atoms with van der Waals surface area (Å²) in [4.78, 5) is 26.2. The van der Waals surface area contributed by atoms with Gasteiger partial charge in [0.05, 0.1) is 11.3 Å². The number of halogens is 2. The highest BCUT2D eigenvalue weighted by atomic mass is 19.3. The van der Waals surface area contributed by atoms with E-state index in [9.17, 15) is 18.4 Å². The molecule has 0 heterocycles. The second-order valence-corrected chi connectivity index (χ2v) is 6.80. The SMILES string of the molecule is CN(C)C(=O)c1ccc(NC(=O)c2ccccc2Nc2ccc(OC(F)F)cc2)cc1. The molecule has 0 unspecified atom stereocenters. The number of hydrogen-bond donors (Lipinski definition) is 2. The third kappa shape index (κ3) is 5.79. The third-order valence-electron chi connectivity index (χ3n) is 4.33. The van der Waals surface area contributed by atoms with Gasteiger partial charge >= 0.3 is 6.61 Å². The monoisotopic (exact) mass is 425 g/mol. The summed E-state index contributed by atoms with van der Waals surface area (Å²) in [7, 11) is 3.34. The average Bonchev–Trinajstić information content (AvgIpc) is 2.75. The quantitative estimate of drug-likeness (QED) is 0.560. The molecule has 31 heavy (non-hydrogen) atoms. The molecule has 3 aromatic rings. The maximum Gasteiger partial charge on any atom is 0.387 e. The molecule has 3 aromatic carbocycles. The molecule has 0 bridgehead atoms. The number of amides is 2. The second-order valence-electron chi connectivity index (χ2n) is 6.80. The molecule has 0 saturated carbocycles. The number of nitrogens with zero attached hydrogens (tertiary/aromatic N) is 1. The number of para-hydroxylation sites is 1. The molecule has 0 spiro atoms. The Labute approximate surface area is 178 Å². The van der Waals surface area contributed by atoms with Crippen LogP contribution in [0.4, 0.5) is 25.8 Å². The topological polar surface area (TPSA) is 70.7 Å². The Hall–Kier alpha value is -3.94. The van der Waals surface area contributed by atoms with Gasteiger partial charge in [0.15, 0.2) is 0 Å². The Bertz CT molecular complexity index is 1050. The first kappa shape index (κ1) is 21.8. The van der Waals surface area contributed by atoms with Gasteiger partial charge in [-0.25, -0.2) is 0 Å². The van der Waals surface area contributed by atoms with Crippen molar-refractivity contribution in [1.82, 2.24) is 4.90 Å². The summed E-state index contributed by atoms with van der Waals surface area (Å²) in [6, 6.07) is 19.5. The van der Waals surface area contributed by atoms with Gasteiger partial charge in [-0.05, 0) is 60.7 Å². The number of carbonyl (C=O) groups is 2. The highest BCUT2D eigenvalue weighted by Crippen LogP contribution is 2.24. The number of alkyl halides is 2. The summed E-state index contributed by atoms with van der Waals surface area (Å²) < 4.78 is 28.9. The van der Waals surface area contributed by atoms with Crippen LogP contribution >= 0.6 is 0 Å². The van der Waals surface area contributed by atoms with Gasteiger partial charge in [0.2, 0.25) is 0 Å². The Morgan fingerprint density at radius 1 is 0.871 bits per heavy atom. The van der Waals surface area contributed by atoms with Crippen LogP contribution in [-0.4, -0.2) is 37.4 Å². The molecule has 3 rings (SSSR count). The minimum absolute atomic E-state index is 0.0442. The van der Waals surface area contributed by atoms with Gasteiger partial charge in [-0.2, -0.15) is 8.78 Å². The lowest BCUT2D eigenvalue weighted by Gasteiger charge is -2.14.